The van der Waals surface area contributed by atoms with Crippen LogP contribution in [0.4, 0.5) is 0 Å². The van der Waals surface area contributed by atoms with Gasteiger partial charge in [-0.15, -0.1) is 0 Å². The Hall–Kier alpha value is -0.193. The number of hydrogen-bond donors (Lipinski definition) is 0. The summed E-state index contributed by atoms with van der Waals surface area (Å²) in [6.07, 6.45) is 1.15. The fourth-order valence-electron chi connectivity index (χ4n) is 0.280. The number of rotatable bonds is 2. The van der Waals surface area contributed by atoms with Crippen molar-refractivity contribution in [3.8, 4) is 0 Å². The molecule has 1 unspecified atom stereocenters. The second-order valence-electron chi connectivity index (χ2n) is 1.69. The quantitative estimate of drug-likeness (QED) is 0.286. The molecule has 0 aliphatic heterocycles. The topological polar surface area (TPSA) is 26.3 Å². The molecule has 0 fully saturated rings. The Morgan fingerprint density at radius 2 is 2.50 bits per heavy atom. The van der Waals surface area contributed by atoms with E-state index in [1.807, 2.05) is 0 Å². The van der Waals surface area contributed by atoms with Crippen LogP contribution in [0.1, 0.15) is 6.92 Å². The first-order chi connectivity index (χ1) is 3.66. The van der Waals surface area contributed by atoms with Gasteiger partial charge in [0, 0.05) is 0 Å². The molecule has 2 nitrogen and oxygen atoms in total. The molecule has 1 atom stereocenters. The molecule has 8 heavy (non-hydrogen) atoms. The Morgan fingerprint density at radius 3 is 2.62 bits per heavy atom. The molecule has 0 spiro atoms. The summed E-state index contributed by atoms with van der Waals surface area (Å²) in [5.41, 5.74) is 0. The summed E-state index contributed by atoms with van der Waals surface area (Å²) in [6, 6.07) is 0. The maximum atomic E-state index is 10.3. The molecule has 0 aromatic rings. The molecule has 0 aliphatic rings. The summed E-state index contributed by atoms with van der Waals surface area (Å²) in [6.45, 7) is 5.03. The van der Waals surface area contributed by atoms with Crippen molar-refractivity contribution in [1.82, 2.24) is 0 Å². The van der Waals surface area contributed by atoms with E-state index in [1.165, 1.54) is 0 Å². The Kier molecular flexibility index (Phi) is 3.68. The molecule has 0 amide bonds. The van der Waals surface area contributed by atoms with E-state index < -0.39 is 0 Å². The second-order valence-corrected chi connectivity index (χ2v) is 1.69. The third kappa shape index (κ3) is 3.98. The van der Waals surface area contributed by atoms with Crippen molar-refractivity contribution in [2.75, 3.05) is 0 Å². The zero-order valence-electron chi connectivity index (χ0n) is 5.18. The summed E-state index contributed by atoms with van der Waals surface area (Å²) >= 11 is 1.79. The molecule has 0 heterocycles. The molecule has 0 saturated heterocycles. The van der Waals surface area contributed by atoms with Crippen LogP contribution in [0.25, 0.3) is 0 Å². The van der Waals surface area contributed by atoms with Gasteiger partial charge in [-0.05, 0) is 0 Å². The summed E-state index contributed by atoms with van der Waals surface area (Å²) < 4.78 is 4.60. The predicted octanol–water partition coefficient (Wildman–Crippen LogP) is 0.230. The molecular formula is C5H7LiO2. The van der Waals surface area contributed by atoms with Crippen LogP contribution in [-0.4, -0.2) is 28.5 Å². The number of esters is 1. The van der Waals surface area contributed by atoms with E-state index in [9.17, 15) is 4.79 Å². The van der Waals surface area contributed by atoms with Crippen LogP contribution in [0.2, 0.25) is 0 Å². The van der Waals surface area contributed by atoms with Gasteiger partial charge in [-0.25, -0.2) is 0 Å². The normalized spacial score (nSPS) is 12.4. The molecule has 0 aromatic heterocycles. The van der Waals surface area contributed by atoms with Crippen molar-refractivity contribution in [1.29, 1.82) is 0 Å². The number of carbonyl (C=O) groups excluding carboxylic acids is 1. The van der Waals surface area contributed by atoms with Crippen LogP contribution >= 0.6 is 0 Å². The average Bonchev–Trinajstić information content (AvgIpc) is 1.65. The van der Waals surface area contributed by atoms with Crippen molar-refractivity contribution < 1.29 is 9.53 Å². The van der Waals surface area contributed by atoms with Gasteiger partial charge in [0.05, 0.1) is 0 Å². The first-order valence-corrected chi connectivity index (χ1v) is 2.50. The molecule has 0 N–H and O–H groups in total. The number of ether oxygens (including phenoxy) is 1. The third-order valence-corrected chi connectivity index (χ3v) is 0.519. The molecule has 0 aliphatic carbocycles. The van der Waals surface area contributed by atoms with E-state index in [0.29, 0.717) is 0 Å². The van der Waals surface area contributed by atoms with Crippen molar-refractivity contribution in [3.05, 3.63) is 12.7 Å². The number of hydrogen-bond acceptors (Lipinski definition) is 2. The van der Waals surface area contributed by atoms with Crippen molar-refractivity contribution in [2.24, 2.45) is 0 Å². The van der Waals surface area contributed by atoms with Gasteiger partial charge in [0.15, 0.2) is 0 Å². The van der Waals surface area contributed by atoms with E-state index in [-0.39, 0.29) is 10.7 Å². The predicted molar refractivity (Wildman–Crippen MR) is 31.5 cm³/mol. The van der Waals surface area contributed by atoms with Gasteiger partial charge in [0.1, 0.15) is 0 Å². The molecule has 3 heteroatoms. The van der Waals surface area contributed by atoms with Crippen LogP contribution in [-0.2, 0) is 9.53 Å². The molecular weight excluding hydrogens is 99.0 g/mol. The van der Waals surface area contributed by atoms with Crippen LogP contribution in [0.5, 0.6) is 0 Å². The first-order valence-electron chi connectivity index (χ1n) is 2.50. The van der Waals surface area contributed by atoms with Crippen molar-refractivity contribution >= 4 is 23.7 Å². The van der Waals surface area contributed by atoms with Crippen LogP contribution in [0.3, 0.4) is 0 Å². The van der Waals surface area contributed by atoms with Crippen LogP contribution < -0.4 is 0 Å². The van der Waals surface area contributed by atoms with Crippen molar-refractivity contribution in [2.45, 2.75) is 11.7 Å². The Balaban J connectivity index is 3.39. The zero-order chi connectivity index (χ0) is 6.57. The molecule has 0 aromatic carbocycles. The first kappa shape index (κ1) is 7.81. The molecule has 0 saturated carbocycles. The molecule has 0 rings (SSSR count). The van der Waals surface area contributed by atoms with Gasteiger partial charge in [-0.3, -0.25) is 0 Å². The van der Waals surface area contributed by atoms with Gasteiger partial charge in [-0.2, -0.15) is 0 Å². The Morgan fingerprint density at radius 1 is 2.00 bits per heavy atom. The molecule has 0 bridgehead atoms. The van der Waals surface area contributed by atoms with Gasteiger partial charge in [-0.1, -0.05) is 0 Å². The van der Waals surface area contributed by atoms with Crippen molar-refractivity contribution in [3.63, 3.8) is 0 Å². The van der Waals surface area contributed by atoms with E-state index in [2.05, 4.69) is 11.3 Å². The van der Waals surface area contributed by atoms with Gasteiger partial charge >= 0.3 is 57.6 Å². The number of carbonyl (C=O) groups is 1. The van der Waals surface area contributed by atoms with Crippen LogP contribution in [0, 0.1) is 0 Å². The van der Waals surface area contributed by atoms with Crippen LogP contribution in [0.15, 0.2) is 12.7 Å². The Labute approximate surface area is 58.1 Å². The van der Waals surface area contributed by atoms with E-state index in [4.69, 9.17) is 0 Å². The van der Waals surface area contributed by atoms with Gasteiger partial charge < -0.3 is 0 Å². The second kappa shape index (κ2) is 3.77. The van der Waals surface area contributed by atoms with E-state index in [1.54, 1.807) is 24.6 Å². The standard InChI is InChI=1S/C5H7O2.Li/c1-3-5(6)7-4-2;/h3-4H,1H2,2H3;. The molecule has 40 valence electrons. The summed E-state index contributed by atoms with van der Waals surface area (Å²) in [4.78, 5) is 10.3. The van der Waals surface area contributed by atoms with Gasteiger partial charge in [0.2, 0.25) is 0 Å². The summed E-state index contributed by atoms with van der Waals surface area (Å²) in [5, 5.41) is 0. The Bertz CT molecular complexity index is 98.6. The SMILES string of the molecule is [Li][CH](C)OC(=O)C=C. The fraction of sp³-hybridized carbons (Fsp3) is 0.400. The summed E-state index contributed by atoms with van der Waals surface area (Å²) in [5.74, 6) is -0.361. The minimum absolute atomic E-state index is 0.0412. The average molecular weight is 106 g/mol. The monoisotopic (exact) mass is 106 g/mol. The molecule has 0 radical (unpaired) electrons. The maximum absolute atomic E-state index is 10.3. The third-order valence-electron chi connectivity index (χ3n) is 0.519. The van der Waals surface area contributed by atoms with E-state index in [0.717, 1.165) is 6.08 Å². The fourth-order valence-corrected chi connectivity index (χ4v) is 0.280. The zero-order valence-corrected chi connectivity index (χ0v) is 5.18. The minimum atomic E-state index is -0.361. The van der Waals surface area contributed by atoms with Gasteiger partial charge in [0.25, 0.3) is 0 Å². The summed E-state index contributed by atoms with van der Waals surface area (Å²) in [7, 11) is 0. The van der Waals surface area contributed by atoms with E-state index >= 15 is 0 Å².